The standard InChI is InChI=1S/C17H14N2O2/c1-19-12-14(15-9-5-6-10-16(15)19)11-18-21-17(20)13-7-3-2-4-8-13/h2-12H,1H3/b18-11+. The SMILES string of the molecule is Cn1cc(/C=N/OC(=O)c2ccccc2)c2ccccc21. The van der Waals surface area contributed by atoms with Gasteiger partial charge in [0, 0.05) is 29.7 Å². The van der Waals surface area contributed by atoms with Crippen molar-refractivity contribution in [1.29, 1.82) is 0 Å². The van der Waals surface area contributed by atoms with Gasteiger partial charge in [0.25, 0.3) is 0 Å². The lowest BCUT2D eigenvalue weighted by Gasteiger charge is -1.96. The van der Waals surface area contributed by atoms with Gasteiger partial charge in [-0.2, -0.15) is 0 Å². The van der Waals surface area contributed by atoms with Gasteiger partial charge in [0.15, 0.2) is 0 Å². The number of para-hydroxylation sites is 1. The normalized spacial score (nSPS) is 11.1. The first-order valence-electron chi connectivity index (χ1n) is 6.59. The third kappa shape index (κ3) is 2.69. The molecule has 0 aliphatic carbocycles. The van der Waals surface area contributed by atoms with Gasteiger partial charge in [-0.1, -0.05) is 41.6 Å². The Morgan fingerprint density at radius 1 is 1.10 bits per heavy atom. The number of hydrogen-bond donors (Lipinski definition) is 0. The van der Waals surface area contributed by atoms with Crippen LogP contribution in [0.3, 0.4) is 0 Å². The van der Waals surface area contributed by atoms with Crippen LogP contribution in [0, 0.1) is 0 Å². The number of fused-ring (bicyclic) bond motifs is 1. The second-order valence-corrected chi connectivity index (χ2v) is 4.69. The van der Waals surface area contributed by atoms with Crippen molar-refractivity contribution in [3.8, 4) is 0 Å². The molecule has 0 saturated heterocycles. The smallest absolute Gasteiger partial charge is 0.350 e. The molecule has 3 rings (SSSR count). The van der Waals surface area contributed by atoms with Crippen LogP contribution in [0.1, 0.15) is 15.9 Å². The van der Waals surface area contributed by atoms with Crippen molar-refractivity contribution in [2.24, 2.45) is 12.2 Å². The van der Waals surface area contributed by atoms with Crippen molar-refractivity contribution in [3.05, 3.63) is 71.9 Å². The fraction of sp³-hybridized carbons (Fsp3) is 0.0588. The largest absolute Gasteiger partial charge is 0.365 e. The molecule has 3 aromatic rings. The van der Waals surface area contributed by atoms with E-state index in [1.54, 1.807) is 30.5 Å². The number of rotatable bonds is 3. The molecule has 0 aliphatic heterocycles. The first kappa shape index (κ1) is 13.1. The van der Waals surface area contributed by atoms with Crippen LogP contribution in [-0.2, 0) is 11.9 Å². The summed E-state index contributed by atoms with van der Waals surface area (Å²) in [6.45, 7) is 0. The van der Waals surface area contributed by atoms with E-state index < -0.39 is 5.97 Å². The fourth-order valence-corrected chi connectivity index (χ4v) is 2.23. The van der Waals surface area contributed by atoms with Gasteiger partial charge in [-0.15, -0.1) is 0 Å². The van der Waals surface area contributed by atoms with Gasteiger partial charge in [-0.25, -0.2) is 4.79 Å². The average Bonchev–Trinajstić information content (AvgIpc) is 2.85. The maximum absolute atomic E-state index is 11.8. The second kappa shape index (κ2) is 5.63. The Labute approximate surface area is 122 Å². The number of carbonyl (C=O) groups excluding carboxylic acids is 1. The van der Waals surface area contributed by atoms with Gasteiger partial charge in [0.05, 0.1) is 11.8 Å². The number of aryl methyl sites for hydroxylation is 1. The third-order valence-electron chi connectivity index (χ3n) is 3.26. The molecule has 0 N–H and O–H groups in total. The van der Waals surface area contributed by atoms with Crippen molar-refractivity contribution in [2.45, 2.75) is 0 Å². The van der Waals surface area contributed by atoms with Gasteiger partial charge >= 0.3 is 5.97 Å². The lowest BCUT2D eigenvalue weighted by Crippen LogP contribution is -2.00. The molecule has 4 nitrogen and oxygen atoms in total. The Morgan fingerprint density at radius 3 is 2.62 bits per heavy atom. The number of hydrogen-bond acceptors (Lipinski definition) is 3. The van der Waals surface area contributed by atoms with E-state index in [2.05, 4.69) is 5.16 Å². The summed E-state index contributed by atoms with van der Waals surface area (Å²) < 4.78 is 2.01. The molecule has 0 fully saturated rings. The highest BCUT2D eigenvalue weighted by Crippen LogP contribution is 2.18. The number of nitrogens with zero attached hydrogens (tertiary/aromatic N) is 2. The van der Waals surface area contributed by atoms with Crippen molar-refractivity contribution in [1.82, 2.24) is 4.57 Å². The van der Waals surface area contributed by atoms with Crippen molar-refractivity contribution in [2.75, 3.05) is 0 Å². The van der Waals surface area contributed by atoms with Crippen LogP contribution in [0.4, 0.5) is 0 Å². The molecule has 2 aromatic carbocycles. The van der Waals surface area contributed by atoms with E-state index in [-0.39, 0.29) is 0 Å². The molecule has 1 heterocycles. The summed E-state index contributed by atoms with van der Waals surface area (Å²) in [6, 6.07) is 16.8. The van der Waals surface area contributed by atoms with E-state index in [1.807, 2.05) is 48.1 Å². The summed E-state index contributed by atoms with van der Waals surface area (Å²) in [5.41, 5.74) is 2.50. The molecule has 21 heavy (non-hydrogen) atoms. The molecule has 0 bridgehead atoms. The first-order valence-corrected chi connectivity index (χ1v) is 6.59. The lowest BCUT2D eigenvalue weighted by atomic mass is 10.2. The van der Waals surface area contributed by atoms with E-state index in [1.165, 1.54) is 0 Å². The van der Waals surface area contributed by atoms with Crippen LogP contribution in [0.2, 0.25) is 0 Å². The minimum Gasteiger partial charge on any atom is -0.350 e. The van der Waals surface area contributed by atoms with Crippen LogP contribution < -0.4 is 0 Å². The number of benzene rings is 2. The molecule has 0 atom stereocenters. The molecule has 0 spiro atoms. The monoisotopic (exact) mass is 278 g/mol. The van der Waals surface area contributed by atoms with Crippen molar-refractivity contribution < 1.29 is 9.63 Å². The zero-order valence-corrected chi connectivity index (χ0v) is 11.6. The molecule has 104 valence electrons. The van der Waals surface area contributed by atoms with Crippen molar-refractivity contribution in [3.63, 3.8) is 0 Å². The molecule has 0 radical (unpaired) electrons. The van der Waals surface area contributed by atoms with Crippen LogP contribution in [0.5, 0.6) is 0 Å². The molecule has 0 unspecified atom stereocenters. The zero-order chi connectivity index (χ0) is 14.7. The summed E-state index contributed by atoms with van der Waals surface area (Å²) >= 11 is 0. The average molecular weight is 278 g/mol. The molecule has 4 heteroatoms. The van der Waals surface area contributed by atoms with Gasteiger partial charge in [0.2, 0.25) is 0 Å². The predicted molar refractivity (Wildman–Crippen MR) is 82.4 cm³/mol. The number of oxime groups is 1. The zero-order valence-electron chi connectivity index (χ0n) is 11.6. The van der Waals surface area contributed by atoms with E-state index in [4.69, 9.17) is 4.84 Å². The van der Waals surface area contributed by atoms with Gasteiger partial charge in [-0.3, -0.25) is 0 Å². The highest BCUT2D eigenvalue weighted by atomic mass is 16.7. The van der Waals surface area contributed by atoms with Gasteiger partial charge in [0.1, 0.15) is 0 Å². The Bertz CT molecular complexity index is 804. The predicted octanol–water partition coefficient (Wildman–Crippen LogP) is 3.37. The number of aromatic nitrogens is 1. The summed E-state index contributed by atoms with van der Waals surface area (Å²) in [5, 5.41) is 4.86. The van der Waals surface area contributed by atoms with E-state index in [0.717, 1.165) is 16.5 Å². The van der Waals surface area contributed by atoms with Gasteiger partial charge < -0.3 is 9.40 Å². The van der Waals surface area contributed by atoms with Gasteiger partial charge in [-0.05, 0) is 18.2 Å². The molecule has 1 aromatic heterocycles. The van der Waals surface area contributed by atoms with E-state index in [9.17, 15) is 4.79 Å². The van der Waals surface area contributed by atoms with Crippen LogP contribution >= 0.6 is 0 Å². The quantitative estimate of drug-likeness (QED) is 0.419. The molecule has 0 saturated carbocycles. The summed E-state index contributed by atoms with van der Waals surface area (Å²) in [4.78, 5) is 16.7. The molecule has 0 amide bonds. The first-order chi connectivity index (χ1) is 10.3. The van der Waals surface area contributed by atoms with Crippen LogP contribution in [-0.4, -0.2) is 16.8 Å². The van der Waals surface area contributed by atoms with Crippen molar-refractivity contribution >= 4 is 23.1 Å². The lowest BCUT2D eigenvalue weighted by molar-refractivity contribution is 0.0519. The highest BCUT2D eigenvalue weighted by molar-refractivity contribution is 5.99. The fourth-order valence-electron chi connectivity index (χ4n) is 2.23. The van der Waals surface area contributed by atoms with E-state index in [0.29, 0.717) is 5.56 Å². The Kier molecular flexibility index (Phi) is 3.51. The highest BCUT2D eigenvalue weighted by Gasteiger charge is 2.06. The van der Waals surface area contributed by atoms with Crippen LogP contribution in [0.15, 0.2) is 65.9 Å². The summed E-state index contributed by atoms with van der Waals surface area (Å²) in [7, 11) is 1.97. The Balaban J connectivity index is 1.78. The van der Waals surface area contributed by atoms with Crippen LogP contribution in [0.25, 0.3) is 10.9 Å². The maximum atomic E-state index is 11.8. The minimum absolute atomic E-state index is 0.466. The van der Waals surface area contributed by atoms with E-state index >= 15 is 0 Å². The summed E-state index contributed by atoms with van der Waals surface area (Å²) in [5.74, 6) is -0.466. The molecular weight excluding hydrogens is 264 g/mol. The third-order valence-corrected chi connectivity index (χ3v) is 3.26. The minimum atomic E-state index is -0.466. The molecular formula is C17H14N2O2. The second-order valence-electron chi connectivity index (χ2n) is 4.69. The Hall–Kier alpha value is -2.88. The number of carbonyl (C=O) groups is 1. The molecule has 0 aliphatic rings. The topological polar surface area (TPSA) is 43.6 Å². The Morgan fingerprint density at radius 2 is 1.81 bits per heavy atom. The maximum Gasteiger partial charge on any atom is 0.365 e. The summed E-state index contributed by atoms with van der Waals surface area (Å²) in [6.07, 6.45) is 3.51.